The topological polar surface area (TPSA) is 29.5 Å². The van der Waals surface area contributed by atoms with Crippen molar-refractivity contribution < 1.29 is 18.6 Å². The molecule has 0 amide bonds. The summed E-state index contributed by atoms with van der Waals surface area (Å²) in [5.41, 5.74) is 1.30. The minimum absolute atomic E-state index is 0.0662. The third kappa shape index (κ3) is 3.47. The lowest BCUT2D eigenvalue weighted by molar-refractivity contribution is -0.0499. The van der Waals surface area contributed by atoms with Gasteiger partial charge in [-0.05, 0) is 29.2 Å². The molecule has 0 saturated carbocycles. The number of halogens is 2. The molecule has 0 atom stereocenters. The van der Waals surface area contributed by atoms with E-state index in [1.165, 1.54) is 6.07 Å². The van der Waals surface area contributed by atoms with Crippen LogP contribution in [0.3, 0.4) is 0 Å². The van der Waals surface area contributed by atoms with Crippen molar-refractivity contribution >= 4 is 0 Å². The second-order valence-corrected chi connectivity index (χ2v) is 3.50. The van der Waals surface area contributed by atoms with Gasteiger partial charge in [-0.25, -0.2) is 0 Å². The Morgan fingerprint density at radius 2 is 1.93 bits per heavy atom. The molecule has 0 spiro atoms. The number of hydrogen-bond donors (Lipinski definition) is 1. The van der Waals surface area contributed by atoms with Crippen LogP contribution in [0.1, 0.15) is 30.9 Å². The van der Waals surface area contributed by atoms with Gasteiger partial charge in [-0.3, -0.25) is 0 Å². The first kappa shape index (κ1) is 11.9. The van der Waals surface area contributed by atoms with Gasteiger partial charge in [0, 0.05) is 0 Å². The molecule has 0 aliphatic rings. The van der Waals surface area contributed by atoms with Gasteiger partial charge in [-0.15, -0.1) is 0 Å². The van der Waals surface area contributed by atoms with Crippen LogP contribution in [-0.2, 0) is 0 Å². The van der Waals surface area contributed by atoms with Gasteiger partial charge < -0.3 is 9.84 Å². The van der Waals surface area contributed by atoms with Crippen molar-refractivity contribution in [2.24, 2.45) is 0 Å². The Morgan fingerprint density at radius 3 is 2.40 bits per heavy atom. The molecule has 1 aromatic carbocycles. The average molecular weight is 215 g/mol. The molecule has 0 heterocycles. The highest BCUT2D eigenvalue weighted by Gasteiger charge is 2.09. The molecule has 0 aromatic heterocycles. The summed E-state index contributed by atoms with van der Waals surface area (Å²) in [6.07, 6.45) is 0. The van der Waals surface area contributed by atoms with Crippen molar-refractivity contribution in [1.82, 2.24) is 0 Å². The summed E-state index contributed by atoms with van der Waals surface area (Å²) < 4.78 is 28.3. The molecule has 2 nitrogen and oxygen atoms in total. The molecule has 15 heavy (non-hydrogen) atoms. The first-order chi connectivity index (χ1) is 7.02. The van der Waals surface area contributed by atoms with Crippen LogP contribution < -0.4 is 4.74 Å². The smallest absolute Gasteiger partial charge is 0.387 e. The Morgan fingerprint density at radius 1 is 1.27 bits per heavy atom. The maximum absolute atomic E-state index is 12.0. The summed E-state index contributed by atoms with van der Waals surface area (Å²) in [5.74, 6) is 0.251. The zero-order valence-corrected chi connectivity index (χ0v) is 8.58. The molecule has 0 bridgehead atoms. The maximum atomic E-state index is 12.0. The standard InChI is InChI=1S/C11H13F2O2/c1-7(2)9-3-8(6-14)4-10(5-9)15-11(12)13/h3-7,11,14H,1-2H3. The van der Waals surface area contributed by atoms with E-state index in [2.05, 4.69) is 4.74 Å². The number of alkyl halides is 2. The Labute approximate surface area is 87.5 Å². The first-order valence-corrected chi connectivity index (χ1v) is 4.60. The molecular formula is C11H13F2O2. The Balaban J connectivity index is 3.00. The number of rotatable bonds is 4. The van der Waals surface area contributed by atoms with E-state index < -0.39 is 6.61 Å². The number of benzene rings is 1. The Bertz CT molecular complexity index is 324. The number of ether oxygens (including phenoxy) is 1. The van der Waals surface area contributed by atoms with E-state index in [-0.39, 0.29) is 11.7 Å². The van der Waals surface area contributed by atoms with Crippen molar-refractivity contribution in [3.8, 4) is 5.75 Å². The quantitative estimate of drug-likeness (QED) is 0.835. The van der Waals surface area contributed by atoms with Crippen LogP contribution in [0, 0.1) is 6.61 Å². The second kappa shape index (κ2) is 5.07. The monoisotopic (exact) mass is 215 g/mol. The van der Waals surface area contributed by atoms with E-state index >= 15 is 0 Å². The van der Waals surface area contributed by atoms with Crippen LogP contribution in [0.5, 0.6) is 5.75 Å². The van der Waals surface area contributed by atoms with E-state index in [1.807, 2.05) is 13.8 Å². The molecule has 0 aliphatic heterocycles. The van der Waals surface area contributed by atoms with E-state index in [9.17, 15) is 8.78 Å². The fourth-order valence-corrected chi connectivity index (χ4v) is 1.22. The van der Waals surface area contributed by atoms with Crippen molar-refractivity contribution in [2.45, 2.75) is 26.4 Å². The van der Waals surface area contributed by atoms with Crippen LogP contribution in [-0.4, -0.2) is 11.7 Å². The zero-order valence-electron chi connectivity index (χ0n) is 8.58. The van der Waals surface area contributed by atoms with Gasteiger partial charge in [0.05, 0.1) is 0 Å². The van der Waals surface area contributed by atoms with Gasteiger partial charge in [-0.1, -0.05) is 19.9 Å². The highest BCUT2D eigenvalue weighted by molar-refractivity contribution is 5.38. The molecule has 83 valence electrons. The molecular weight excluding hydrogens is 202 g/mol. The summed E-state index contributed by atoms with van der Waals surface area (Å²) in [6.45, 7) is 1.88. The van der Waals surface area contributed by atoms with E-state index in [1.54, 1.807) is 12.1 Å². The highest BCUT2D eigenvalue weighted by atomic mass is 19.3. The zero-order chi connectivity index (χ0) is 11.4. The fourth-order valence-electron chi connectivity index (χ4n) is 1.22. The Hall–Kier alpha value is -1.16. The van der Waals surface area contributed by atoms with Gasteiger partial charge >= 0.3 is 6.61 Å². The van der Waals surface area contributed by atoms with E-state index in [0.29, 0.717) is 5.56 Å². The van der Waals surface area contributed by atoms with Gasteiger partial charge in [0.1, 0.15) is 12.4 Å². The van der Waals surface area contributed by atoms with E-state index in [4.69, 9.17) is 5.11 Å². The summed E-state index contributed by atoms with van der Waals surface area (Å²) in [4.78, 5) is 0. The summed E-state index contributed by atoms with van der Waals surface area (Å²) >= 11 is 0. The van der Waals surface area contributed by atoms with Crippen LogP contribution in [0.4, 0.5) is 8.78 Å². The molecule has 4 heteroatoms. The average Bonchev–Trinajstić information content (AvgIpc) is 2.16. The van der Waals surface area contributed by atoms with Crippen molar-refractivity contribution in [1.29, 1.82) is 0 Å². The predicted molar refractivity (Wildman–Crippen MR) is 52.5 cm³/mol. The van der Waals surface area contributed by atoms with Crippen LogP contribution >= 0.6 is 0 Å². The van der Waals surface area contributed by atoms with Gasteiger partial charge in [0.2, 0.25) is 0 Å². The molecule has 1 radical (unpaired) electrons. The SMILES string of the molecule is CC(C)c1cc([CH]O)cc(OC(F)F)c1. The molecule has 0 fully saturated rings. The summed E-state index contributed by atoms with van der Waals surface area (Å²) in [5, 5.41) is 8.83. The third-order valence-electron chi connectivity index (χ3n) is 1.99. The predicted octanol–water partition coefficient (Wildman–Crippen LogP) is 3.29. The van der Waals surface area contributed by atoms with Crippen molar-refractivity contribution in [3.63, 3.8) is 0 Å². The molecule has 0 aliphatic carbocycles. The van der Waals surface area contributed by atoms with E-state index in [0.717, 1.165) is 12.2 Å². The highest BCUT2D eigenvalue weighted by Crippen LogP contribution is 2.24. The molecule has 0 unspecified atom stereocenters. The third-order valence-corrected chi connectivity index (χ3v) is 1.99. The lowest BCUT2D eigenvalue weighted by Gasteiger charge is -2.11. The maximum Gasteiger partial charge on any atom is 0.387 e. The molecule has 0 saturated heterocycles. The van der Waals surface area contributed by atoms with Gasteiger partial charge in [0.25, 0.3) is 0 Å². The number of hydrogen-bond acceptors (Lipinski definition) is 2. The normalized spacial score (nSPS) is 11.1. The first-order valence-electron chi connectivity index (χ1n) is 4.60. The second-order valence-electron chi connectivity index (χ2n) is 3.50. The minimum atomic E-state index is -2.85. The number of aliphatic hydroxyl groups excluding tert-OH is 1. The van der Waals surface area contributed by atoms with Crippen LogP contribution in [0.15, 0.2) is 18.2 Å². The molecule has 1 N–H and O–H groups in total. The lowest BCUT2D eigenvalue weighted by Crippen LogP contribution is -2.03. The lowest BCUT2D eigenvalue weighted by atomic mass is 10.0. The summed E-state index contributed by atoms with van der Waals surface area (Å²) in [7, 11) is 0. The van der Waals surface area contributed by atoms with Gasteiger partial charge in [0.15, 0.2) is 0 Å². The van der Waals surface area contributed by atoms with Crippen molar-refractivity contribution in [3.05, 3.63) is 35.9 Å². The van der Waals surface area contributed by atoms with Crippen LogP contribution in [0.2, 0.25) is 0 Å². The number of aliphatic hydroxyl groups is 1. The Kier molecular flexibility index (Phi) is 4.03. The largest absolute Gasteiger partial charge is 0.435 e. The minimum Gasteiger partial charge on any atom is -0.435 e. The van der Waals surface area contributed by atoms with Crippen molar-refractivity contribution in [2.75, 3.05) is 0 Å². The summed E-state index contributed by atoms with van der Waals surface area (Å²) in [6, 6.07) is 4.63. The van der Waals surface area contributed by atoms with Gasteiger partial charge in [-0.2, -0.15) is 8.78 Å². The fraction of sp³-hybridized carbons (Fsp3) is 0.364. The molecule has 1 rings (SSSR count). The van der Waals surface area contributed by atoms with Crippen LogP contribution in [0.25, 0.3) is 0 Å². The molecule has 1 aromatic rings.